The van der Waals surface area contributed by atoms with E-state index in [0.29, 0.717) is 11.0 Å². The Morgan fingerprint density at radius 2 is 1.40 bits per heavy atom. The second-order valence-corrected chi connectivity index (χ2v) is 7.67. The van der Waals surface area contributed by atoms with Crippen LogP contribution in [0.15, 0.2) is 0 Å². The molecule has 0 fully saturated rings. The zero-order valence-corrected chi connectivity index (χ0v) is 12.5. The predicted octanol–water partition coefficient (Wildman–Crippen LogP) is 3.50. The van der Waals surface area contributed by atoms with Crippen LogP contribution >= 0.6 is 0 Å². The zero-order valence-electron chi connectivity index (χ0n) is 11.3. The van der Waals surface area contributed by atoms with Gasteiger partial charge in [-0.15, -0.1) is 0 Å². The lowest BCUT2D eigenvalue weighted by molar-refractivity contribution is 0.171. The van der Waals surface area contributed by atoms with Crippen LogP contribution in [0.25, 0.3) is 0 Å². The molecule has 0 saturated heterocycles. The summed E-state index contributed by atoms with van der Waals surface area (Å²) in [7, 11) is -1.49. The Morgan fingerprint density at radius 3 is 1.67 bits per heavy atom. The van der Waals surface area contributed by atoms with Crippen molar-refractivity contribution in [3.63, 3.8) is 0 Å². The lowest BCUT2D eigenvalue weighted by atomic mass is 9.93. The summed E-state index contributed by atoms with van der Waals surface area (Å²) >= 11 is 0. The summed E-state index contributed by atoms with van der Waals surface area (Å²) in [4.78, 5) is 0. The van der Waals surface area contributed by atoms with E-state index in [9.17, 15) is 0 Å². The van der Waals surface area contributed by atoms with Crippen molar-refractivity contribution < 1.29 is 8.85 Å². The Hall–Kier alpha value is 0.137. The van der Waals surface area contributed by atoms with Crippen molar-refractivity contribution >= 4 is 9.28 Å². The van der Waals surface area contributed by atoms with Crippen molar-refractivity contribution in [3.05, 3.63) is 0 Å². The molecule has 0 radical (unpaired) electrons. The maximum absolute atomic E-state index is 5.90. The van der Waals surface area contributed by atoms with E-state index in [-0.39, 0.29) is 0 Å². The minimum absolute atomic E-state index is 0.290. The predicted molar refractivity (Wildman–Crippen MR) is 68.5 cm³/mol. The van der Waals surface area contributed by atoms with Gasteiger partial charge in [0.1, 0.15) is 0 Å². The molecule has 0 saturated carbocycles. The molecule has 0 heterocycles. The van der Waals surface area contributed by atoms with Gasteiger partial charge in [-0.1, -0.05) is 41.5 Å². The average molecular weight is 232 g/mol. The quantitative estimate of drug-likeness (QED) is 0.626. The molecule has 0 aliphatic rings. The van der Waals surface area contributed by atoms with Crippen molar-refractivity contribution in [1.29, 1.82) is 0 Å². The van der Waals surface area contributed by atoms with E-state index >= 15 is 0 Å². The van der Waals surface area contributed by atoms with E-state index in [1.807, 2.05) is 0 Å². The van der Waals surface area contributed by atoms with E-state index in [2.05, 4.69) is 41.5 Å². The molecule has 0 amide bonds. The van der Waals surface area contributed by atoms with Crippen LogP contribution in [0.1, 0.15) is 54.4 Å². The van der Waals surface area contributed by atoms with Crippen LogP contribution < -0.4 is 0 Å². The second-order valence-electron chi connectivity index (χ2n) is 5.26. The largest absolute Gasteiger partial charge is 0.396 e. The maximum atomic E-state index is 5.90. The zero-order chi connectivity index (χ0) is 11.9. The van der Waals surface area contributed by atoms with Gasteiger partial charge in [0, 0.05) is 18.8 Å². The number of hydrogen-bond donors (Lipinski definition) is 0. The van der Waals surface area contributed by atoms with E-state index in [1.54, 1.807) is 0 Å². The molecule has 0 aliphatic carbocycles. The fraction of sp³-hybridized carbons (Fsp3) is 1.00. The topological polar surface area (TPSA) is 18.5 Å². The summed E-state index contributed by atoms with van der Waals surface area (Å²) in [5.74, 6) is 0. The highest BCUT2D eigenvalue weighted by molar-refractivity contribution is 6.46. The van der Waals surface area contributed by atoms with Gasteiger partial charge in [0.05, 0.1) is 0 Å². The van der Waals surface area contributed by atoms with Crippen LogP contribution in [0.3, 0.4) is 0 Å². The Kier molecular flexibility index (Phi) is 7.48. The molecule has 1 atom stereocenters. The van der Waals surface area contributed by atoms with Gasteiger partial charge in [-0.05, 0) is 18.3 Å². The van der Waals surface area contributed by atoms with Crippen LogP contribution in [0.2, 0.25) is 5.54 Å². The molecule has 0 spiro atoms. The molecular weight excluding hydrogens is 204 g/mol. The molecule has 15 heavy (non-hydrogen) atoms. The molecule has 1 unspecified atom stereocenters. The SMILES string of the molecule is CCCO[SiH](OCCC)C(C)C(C)(C)C. The summed E-state index contributed by atoms with van der Waals surface area (Å²) in [6.07, 6.45) is 2.16. The fourth-order valence-electron chi connectivity index (χ4n) is 1.21. The van der Waals surface area contributed by atoms with Crippen LogP contribution in [-0.4, -0.2) is 22.5 Å². The lowest BCUT2D eigenvalue weighted by Gasteiger charge is -2.32. The van der Waals surface area contributed by atoms with E-state index < -0.39 is 9.28 Å². The maximum Gasteiger partial charge on any atom is 0.324 e. The van der Waals surface area contributed by atoms with Crippen molar-refractivity contribution in [2.45, 2.75) is 59.9 Å². The first-order valence-corrected chi connectivity index (χ1v) is 7.77. The summed E-state index contributed by atoms with van der Waals surface area (Å²) in [6, 6.07) is 0. The van der Waals surface area contributed by atoms with Crippen molar-refractivity contribution in [2.24, 2.45) is 5.41 Å². The molecule has 92 valence electrons. The van der Waals surface area contributed by atoms with E-state index in [4.69, 9.17) is 8.85 Å². The van der Waals surface area contributed by atoms with Gasteiger partial charge in [0.2, 0.25) is 0 Å². The third-order valence-electron chi connectivity index (χ3n) is 2.75. The van der Waals surface area contributed by atoms with Gasteiger partial charge < -0.3 is 8.85 Å². The average Bonchev–Trinajstić information content (AvgIpc) is 2.16. The van der Waals surface area contributed by atoms with E-state index in [0.717, 1.165) is 26.1 Å². The number of hydrogen-bond acceptors (Lipinski definition) is 2. The molecule has 0 rings (SSSR count). The first-order valence-electron chi connectivity index (χ1n) is 6.16. The highest BCUT2D eigenvalue weighted by Gasteiger charge is 2.32. The molecule has 0 aliphatic heterocycles. The lowest BCUT2D eigenvalue weighted by Crippen LogP contribution is -2.35. The third-order valence-corrected chi connectivity index (χ3v) is 5.69. The van der Waals surface area contributed by atoms with Gasteiger partial charge in [-0.25, -0.2) is 0 Å². The highest BCUT2D eigenvalue weighted by Crippen LogP contribution is 2.33. The van der Waals surface area contributed by atoms with Gasteiger partial charge in [-0.3, -0.25) is 0 Å². The van der Waals surface area contributed by atoms with Crippen LogP contribution in [0.5, 0.6) is 0 Å². The number of rotatable bonds is 7. The van der Waals surface area contributed by atoms with Crippen molar-refractivity contribution in [1.82, 2.24) is 0 Å². The first kappa shape index (κ1) is 15.1. The fourth-order valence-corrected chi connectivity index (χ4v) is 3.64. The summed E-state index contributed by atoms with van der Waals surface area (Å²) in [6.45, 7) is 15.1. The Balaban J connectivity index is 4.20. The summed E-state index contributed by atoms with van der Waals surface area (Å²) in [5, 5.41) is 0. The molecule has 0 aromatic heterocycles. The Bertz CT molecular complexity index is 146. The Morgan fingerprint density at radius 1 is 1.00 bits per heavy atom. The normalized spacial score (nSPS) is 14.6. The van der Waals surface area contributed by atoms with Crippen LogP contribution in [0, 0.1) is 5.41 Å². The first-order chi connectivity index (χ1) is 6.93. The van der Waals surface area contributed by atoms with Gasteiger partial charge in [0.15, 0.2) is 0 Å². The van der Waals surface area contributed by atoms with Gasteiger partial charge in [0.25, 0.3) is 0 Å². The van der Waals surface area contributed by atoms with Crippen LogP contribution in [-0.2, 0) is 8.85 Å². The molecule has 0 bridgehead atoms. The third kappa shape index (κ3) is 6.33. The van der Waals surface area contributed by atoms with Crippen molar-refractivity contribution in [2.75, 3.05) is 13.2 Å². The molecule has 0 N–H and O–H groups in total. The Labute approximate surface area is 97.2 Å². The highest BCUT2D eigenvalue weighted by atomic mass is 28.3. The van der Waals surface area contributed by atoms with Crippen LogP contribution in [0.4, 0.5) is 0 Å². The molecule has 2 nitrogen and oxygen atoms in total. The molecule has 0 aromatic rings. The monoisotopic (exact) mass is 232 g/mol. The van der Waals surface area contributed by atoms with E-state index in [1.165, 1.54) is 0 Å². The molecular formula is C12H28O2Si. The second kappa shape index (κ2) is 7.42. The van der Waals surface area contributed by atoms with Gasteiger partial charge >= 0.3 is 9.28 Å². The molecule has 3 heteroatoms. The van der Waals surface area contributed by atoms with Gasteiger partial charge in [-0.2, -0.15) is 0 Å². The minimum Gasteiger partial charge on any atom is -0.396 e. The summed E-state index contributed by atoms with van der Waals surface area (Å²) in [5.41, 5.74) is 0.842. The minimum atomic E-state index is -1.49. The van der Waals surface area contributed by atoms with Crippen molar-refractivity contribution in [3.8, 4) is 0 Å². The smallest absolute Gasteiger partial charge is 0.324 e. The standard InChI is InChI=1S/C12H28O2Si/c1-7-9-13-15(14-10-8-2)11(3)12(4,5)6/h11,15H,7-10H2,1-6H3. The summed E-state index contributed by atoms with van der Waals surface area (Å²) < 4.78 is 11.8. The molecule has 0 aromatic carbocycles.